The molecule has 4 rings (SSSR count). The van der Waals surface area contributed by atoms with Gasteiger partial charge in [-0.05, 0) is 50.6 Å². The lowest BCUT2D eigenvalue weighted by molar-refractivity contribution is 0.102. The summed E-state index contributed by atoms with van der Waals surface area (Å²) in [5, 5.41) is 6.05. The maximum absolute atomic E-state index is 12.7. The molecule has 7 heteroatoms. The molecule has 0 radical (unpaired) electrons. The van der Waals surface area contributed by atoms with Crippen LogP contribution in [-0.4, -0.2) is 29.1 Å². The van der Waals surface area contributed by atoms with E-state index in [1.807, 2.05) is 57.2 Å². The van der Waals surface area contributed by atoms with Crippen molar-refractivity contribution in [2.24, 2.45) is 0 Å². The second-order valence-corrected chi connectivity index (χ2v) is 6.97. The molecule has 0 fully saturated rings. The summed E-state index contributed by atoms with van der Waals surface area (Å²) in [5.41, 5.74) is 4.63. The van der Waals surface area contributed by atoms with Gasteiger partial charge in [-0.15, -0.1) is 0 Å². The predicted molar refractivity (Wildman–Crippen MR) is 111 cm³/mol. The number of carbonyl (C=O) groups is 1. The molecule has 1 amide bonds. The Balaban J connectivity index is 1.55. The van der Waals surface area contributed by atoms with Gasteiger partial charge in [-0.3, -0.25) is 4.79 Å². The number of amides is 1. The van der Waals surface area contributed by atoms with Crippen LogP contribution in [0.5, 0.6) is 11.5 Å². The van der Waals surface area contributed by atoms with Gasteiger partial charge in [0.15, 0.2) is 11.5 Å². The fraction of sp³-hybridized carbons (Fsp3) is 0.227. The average molecular weight is 390 g/mol. The third-order valence-corrected chi connectivity index (χ3v) is 4.52. The number of fused-ring (bicyclic) bond motifs is 1. The summed E-state index contributed by atoms with van der Waals surface area (Å²) in [6.07, 6.45) is 0. The molecule has 0 saturated heterocycles. The Morgan fingerprint density at radius 3 is 2.52 bits per heavy atom. The van der Waals surface area contributed by atoms with Crippen LogP contribution in [-0.2, 0) is 0 Å². The maximum Gasteiger partial charge on any atom is 0.274 e. The van der Waals surface area contributed by atoms with Gasteiger partial charge in [0, 0.05) is 23.1 Å². The highest BCUT2D eigenvalue weighted by molar-refractivity contribution is 6.03. The number of ether oxygens (including phenoxy) is 2. The molecule has 7 nitrogen and oxygen atoms in total. The summed E-state index contributed by atoms with van der Waals surface area (Å²) in [6.45, 7) is 6.86. The molecule has 0 atom stereocenters. The molecule has 2 heterocycles. The number of hydrogen-bond acceptors (Lipinski definition) is 6. The molecule has 1 aliphatic rings. The molecule has 0 bridgehead atoms. The van der Waals surface area contributed by atoms with E-state index in [0.717, 1.165) is 22.5 Å². The smallest absolute Gasteiger partial charge is 0.274 e. The number of hydrogen-bond donors (Lipinski definition) is 2. The molecular formula is C22H22N4O3. The van der Waals surface area contributed by atoms with Crippen LogP contribution in [0.15, 0.2) is 42.5 Å². The first-order valence-corrected chi connectivity index (χ1v) is 9.39. The van der Waals surface area contributed by atoms with Crippen LogP contribution in [0.25, 0.3) is 0 Å². The maximum atomic E-state index is 12.7. The highest BCUT2D eigenvalue weighted by Gasteiger charge is 2.15. The summed E-state index contributed by atoms with van der Waals surface area (Å²) in [6, 6.07) is 13.1. The summed E-state index contributed by atoms with van der Waals surface area (Å²) in [5.74, 6) is 1.43. The predicted octanol–water partition coefficient (Wildman–Crippen LogP) is 4.17. The molecule has 2 N–H and O–H groups in total. The van der Waals surface area contributed by atoms with Gasteiger partial charge < -0.3 is 20.1 Å². The van der Waals surface area contributed by atoms with Crippen molar-refractivity contribution in [3.8, 4) is 11.5 Å². The molecule has 1 aliphatic heterocycles. The summed E-state index contributed by atoms with van der Waals surface area (Å²) < 4.78 is 11.1. The highest BCUT2D eigenvalue weighted by atomic mass is 16.6. The van der Waals surface area contributed by atoms with Gasteiger partial charge in [0.1, 0.15) is 18.9 Å². The van der Waals surface area contributed by atoms with Crippen molar-refractivity contribution in [1.82, 2.24) is 9.97 Å². The van der Waals surface area contributed by atoms with Crippen molar-refractivity contribution in [1.29, 1.82) is 0 Å². The Hall–Kier alpha value is -3.61. The molecule has 3 aromatic rings. The van der Waals surface area contributed by atoms with Crippen molar-refractivity contribution in [2.75, 3.05) is 23.8 Å². The number of aromatic nitrogens is 2. The Bertz CT molecular complexity index is 1080. The van der Waals surface area contributed by atoms with E-state index in [1.165, 1.54) is 0 Å². The number of carbonyl (C=O) groups excluding carboxylic acids is 1. The molecule has 0 aliphatic carbocycles. The lowest BCUT2D eigenvalue weighted by atomic mass is 10.1. The van der Waals surface area contributed by atoms with Gasteiger partial charge in [0.25, 0.3) is 5.91 Å². The van der Waals surface area contributed by atoms with Gasteiger partial charge in [-0.1, -0.05) is 17.7 Å². The second kappa shape index (κ2) is 7.79. The number of benzene rings is 2. The van der Waals surface area contributed by atoms with Crippen molar-refractivity contribution < 1.29 is 14.3 Å². The Morgan fingerprint density at radius 2 is 1.72 bits per heavy atom. The Labute approximate surface area is 169 Å². The molecule has 0 spiro atoms. The SMILES string of the molecule is Cc1ccc(NC(=O)c2cc(C)nc(Nc3ccc4c(c3)OCCO4)n2)c(C)c1. The highest BCUT2D eigenvalue weighted by Crippen LogP contribution is 2.33. The third kappa shape index (κ3) is 4.29. The largest absolute Gasteiger partial charge is 0.486 e. The fourth-order valence-electron chi connectivity index (χ4n) is 3.13. The number of anilines is 3. The zero-order valence-corrected chi connectivity index (χ0v) is 16.6. The van der Waals surface area contributed by atoms with E-state index < -0.39 is 0 Å². The van der Waals surface area contributed by atoms with Gasteiger partial charge in [-0.2, -0.15) is 0 Å². The van der Waals surface area contributed by atoms with Crippen LogP contribution in [0, 0.1) is 20.8 Å². The minimum Gasteiger partial charge on any atom is -0.486 e. The van der Waals surface area contributed by atoms with Crippen molar-refractivity contribution in [2.45, 2.75) is 20.8 Å². The monoisotopic (exact) mass is 390 g/mol. The van der Waals surface area contributed by atoms with Crippen LogP contribution < -0.4 is 20.1 Å². The number of aryl methyl sites for hydroxylation is 3. The van der Waals surface area contributed by atoms with Crippen LogP contribution >= 0.6 is 0 Å². The van der Waals surface area contributed by atoms with Gasteiger partial charge in [0.05, 0.1) is 0 Å². The van der Waals surface area contributed by atoms with Gasteiger partial charge in [-0.25, -0.2) is 9.97 Å². The lowest BCUT2D eigenvalue weighted by Crippen LogP contribution is -2.16. The van der Waals surface area contributed by atoms with E-state index in [1.54, 1.807) is 6.07 Å². The van der Waals surface area contributed by atoms with E-state index in [-0.39, 0.29) is 11.6 Å². The van der Waals surface area contributed by atoms with Crippen LogP contribution in [0.4, 0.5) is 17.3 Å². The van der Waals surface area contributed by atoms with Crippen molar-refractivity contribution in [3.05, 3.63) is 65.0 Å². The van der Waals surface area contributed by atoms with Crippen LogP contribution in [0.2, 0.25) is 0 Å². The Kier molecular flexibility index (Phi) is 5.03. The summed E-state index contributed by atoms with van der Waals surface area (Å²) in [7, 11) is 0. The lowest BCUT2D eigenvalue weighted by Gasteiger charge is -2.19. The quantitative estimate of drug-likeness (QED) is 0.695. The summed E-state index contributed by atoms with van der Waals surface area (Å²) >= 11 is 0. The molecule has 0 unspecified atom stereocenters. The topological polar surface area (TPSA) is 85.4 Å². The molecule has 148 valence electrons. The van der Waals surface area contributed by atoms with E-state index in [2.05, 4.69) is 20.6 Å². The number of nitrogens with one attached hydrogen (secondary N) is 2. The fourth-order valence-corrected chi connectivity index (χ4v) is 3.13. The zero-order valence-electron chi connectivity index (χ0n) is 16.6. The molecule has 2 aromatic carbocycles. The number of rotatable bonds is 4. The second-order valence-electron chi connectivity index (χ2n) is 6.97. The molecule has 0 saturated carbocycles. The molecule has 1 aromatic heterocycles. The minimum absolute atomic E-state index is 0.285. The Morgan fingerprint density at radius 1 is 0.931 bits per heavy atom. The van der Waals surface area contributed by atoms with Crippen molar-refractivity contribution >= 4 is 23.2 Å². The molecular weight excluding hydrogens is 368 g/mol. The first-order valence-electron chi connectivity index (χ1n) is 9.39. The summed E-state index contributed by atoms with van der Waals surface area (Å²) in [4.78, 5) is 21.5. The average Bonchev–Trinajstić information content (AvgIpc) is 2.69. The van der Waals surface area contributed by atoms with Crippen molar-refractivity contribution in [3.63, 3.8) is 0 Å². The van der Waals surface area contributed by atoms with Gasteiger partial charge in [0.2, 0.25) is 5.95 Å². The normalized spacial score (nSPS) is 12.4. The molecule has 29 heavy (non-hydrogen) atoms. The van der Waals surface area contributed by atoms with E-state index in [4.69, 9.17) is 9.47 Å². The van der Waals surface area contributed by atoms with E-state index in [9.17, 15) is 4.79 Å². The number of nitrogens with zero attached hydrogens (tertiary/aromatic N) is 2. The third-order valence-electron chi connectivity index (χ3n) is 4.52. The minimum atomic E-state index is -0.285. The van der Waals surface area contributed by atoms with Crippen LogP contribution in [0.1, 0.15) is 27.3 Å². The first kappa shape index (κ1) is 18.7. The first-order chi connectivity index (χ1) is 14.0. The van der Waals surface area contributed by atoms with Gasteiger partial charge >= 0.3 is 0 Å². The van der Waals surface area contributed by atoms with E-state index >= 15 is 0 Å². The standard InChI is InChI=1S/C22H22N4O3/c1-13-4-6-17(14(2)10-13)25-21(27)18-11-15(3)23-22(26-18)24-16-5-7-19-20(12-16)29-9-8-28-19/h4-7,10-12H,8-9H2,1-3H3,(H,25,27)(H,23,24,26). The van der Waals surface area contributed by atoms with E-state index in [0.29, 0.717) is 36.4 Å². The van der Waals surface area contributed by atoms with Crippen LogP contribution in [0.3, 0.4) is 0 Å². The zero-order chi connectivity index (χ0) is 20.4.